The minimum Gasteiger partial charge on any atom is -0.480 e. The first-order chi connectivity index (χ1) is 15.3. The van der Waals surface area contributed by atoms with Gasteiger partial charge in [-0.15, -0.1) is 0 Å². The molecule has 1 amide bonds. The van der Waals surface area contributed by atoms with Crippen LogP contribution in [0.4, 0.5) is 0 Å². The van der Waals surface area contributed by atoms with E-state index in [0.29, 0.717) is 39.0 Å². The third-order valence-corrected chi connectivity index (χ3v) is 6.59. The Kier molecular flexibility index (Phi) is 8.26. The van der Waals surface area contributed by atoms with Crippen molar-refractivity contribution in [3.8, 4) is 0 Å². The van der Waals surface area contributed by atoms with Gasteiger partial charge in [-0.05, 0) is 56.9 Å². The molecular formula is C24H34N2O6. The average molecular weight is 447 g/mol. The third-order valence-electron chi connectivity index (χ3n) is 6.59. The van der Waals surface area contributed by atoms with E-state index >= 15 is 0 Å². The monoisotopic (exact) mass is 446 g/mol. The Bertz CT molecular complexity index is 793. The molecule has 32 heavy (non-hydrogen) atoms. The van der Waals surface area contributed by atoms with Crippen LogP contribution in [0.2, 0.25) is 0 Å². The Balaban J connectivity index is 1.68. The number of carbonyl (C=O) groups excluding carboxylic acids is 2. The summed E-state index contributed by atoms with van der Waals surface area (Å²) in [6.45, 7) is 5.27. The van der Waals surface area contributed by atoms with Gasteiger partial charge in [-0.2, -0.15) is 0 Å². The molecule has 3 atom stereocenters. The van der Waals surface area contributed by atoms with E-state index in [-0.39, 0.29) is 17.9 Å². The third kappa shape index (κ3) is 5.86. The normalized spacial score (nSPS) is 21.8. The first-order valence-corrected chi connectivity index (χ1v) is 11.4. The number of esters is 1. The summed E-state index contributed by atoms with van der Waals surface area (Å²) in [5.41, 5.74) is 0.888. The predicted molar refractivity (Wildman–Crippen MR) is 118 cm³/mol. The lowest BCUT2D eigenvalue weighted by atomic mass is 9.78. The predicted octanol–water partition coefficient (Wildman–Crippen LogP) is 2.01. The molecule has 3 rings (SSSR count). The number of aryl methyl sites for hydroxylation is 1. The summed E-state index contributed by atoms with van der Waals surface area (Å²) in [4.78, 5) is 39.2. The summed E-state index contributed by atoms with van der Waals surface area (Å²) in [5, 5.41) is 12.9. The van der Waals surface area contributed by atoms with Gasteiger partial charge in [0.1, 0.15) is 12.1 Å². The maximum absolute atomic E-state index is 13.3. The maximum atomic E-state index is 13.3. The molecule has 0 aliphatic carbocycles. The van der Waals surface area contributed by atoms with E-state index in [1.54, 1.807) is 13.8 Å². The van der Waals surface area contributed by atoms with Gasteiger partial charge in [-0.3, -0.25) is 14.9 Å². The quantitative estimate of drug-likeness (QED) is 0.559. The number of likely N-dealkylation sites (tertiary alicyclic amines) is 1. The van der Waals surface area contributed by atoms with Crippen molar-refractivity contribution in [2.24, 2.45) is 5.41 Å². The molecule has 2 fully saturated rings. The molecule has 0 saturated carbocycles. The number of hydrogen-bond donors (Lipinski definition) is 2. The van der Waals surface area contributed by atoms with E-state index in [4.69, 9.17) is 9.47 Å². The lowest BCUT2D eigenvalue weighted by molar-refractivity contribution is -0.150. The van der Waals surface area contributed by atoms with Crippen molar-refractivity contribution in [2.45, 2.75) is 64.1 Å². The summed E-state index contributed by atoms with van der Waals surface area (Å²) >= 11 is 0. The van der Waals surface area contributed by atoms with Crippen molar-refractivity contribution in [3.05, 3.63) is 35.9 Å². The van der Waals surface area contributed by atoms with Gasteiger partial charge in [-0.25, -0.2) is 4.79 Å². The molecule has 2 heterocycles. The zero-order chi connectivity index (χ0) is 23.1. The highest BCUT2D eigenvalue weighted by atomic mass is 16.5. The highest BCUT2D eigenvalue weighted by molar-refractivity contribution is 5.88. The van der Waals surface area contributed by atoms with Crippen molar-refractivity contribution in [1.82, 2.24) is 10.2 Å². The van der Waals surface area contributed by atoms with Crippen LogP contribution in [0.1, 0.15) is 45.1 Å². The topological polar surface area (TPSA) is 105 Å². The van der Waals surface area contributed by atoms with Crippen LogP contribution in [0.5, 0.6) is 0 Å². The summed E-state index contributed by atoms with van der Waals surface area (Å²) in [6, 6.07) is 7.59. The fraction of sp³-hybridized carbons (Fsp3) is 0.625. The summed E-state index contributed by atoms with van der Waals surface area (Å²) in [6.07, 6.45) is 3.09. The Morgan fingerprint density at radius 3 is 2.56 bits per heavy atom. The van der Waals surface area contributed by atoms with Gasteiger partial charge >= 0.3 is 11.9 Å². The van der Waals surface area contributed by atoms with Crippen LogP contribution >= 0.6 is 0 Å². The highest BCUT2D eigenvalue weighted by Crippen LogP contribution is 2.43. The molecule has 1 aromatic carbocycles. The van der Waals surface area contributed by atoms with Crippen LogP contribution in [-0.2, 0) is 30.3 Å². The molecule has 0 bridgehead atoms. The van der Waals surface area contributed by atoms with Gasteiger partial charge in [-0.1, -0.05) is 30.3 Å². The minimum atomic E-state index is -0.986. The SMILES string of the molecule is CCOC(=O)C(CCc1ccccc1)N[C@@H](C)C(=O)N1CC2(CCOCC2)CC1C(=O)O. The molecule has 0 aromatic heterocycles. The number of carboxylic acid groups (broad SMARTS) is 1. The number of carbonyl (C=O) groups is 3. The summed E-state index contributed by atoms with van der Waals surface area (Å²) in [7, 11) is 0. The van der Waals surface area contributed by atoms with Crippen molar-refractivity contribution in [2.75, 3.05) is 26.4 Å². The lowest BCUT2D eigenvalue weighted by Crippen LogP contribution is -2.53. The highest BCUT2D eigenvalue weighted by Gasteiger charge is 2.50. The average Bonchev–Trinajstić information content (AvgIpc) is 3.16. The van der Waals surface area contributed by atoms with Crippen LogP contribution < -0.4 is 5.32 Å². The van der Waals surface area contributed by atoms with Crippen LogP contribution in [0, 0.1) is 5.41 Å². The number of amides is 1. The smallest absolute Gasteiger partial charge is 0.326 e. The molecule has 8 heteroatoms. The van der Waals surface area contributed by atoms with Crippen molar-refractivity contribution >= 4 is 17.8 Å². The number of carboxylic acids is 1. The van der Waals surface area contributed by atoms with Crippen molar-refractivity contribution in [1.29, 1.82) is 0 Å². The second-order valence-electron chi connectivity index (χ2n) is 8.85. The van der Waals surface area contributed by atoms with E-state index < -0.39 is 30.1 Å². The van der Waals surface area contributed by atoms with E-state index in [9.17, 15) is 19.5 Å². The number of nitrogens with zero attached hydrogens (tertiary/aromatic N) is 1. The first kappa shape index (κ1) is 24.2. The number of aliphatic carboxylic acids is 1. The molecule has 2 saturated heterocycles. The zero-order valence-electron chi connectivity index (χ0n) is 18.9. The van der Waals surface area contributed by atoms with Gasteiger partial charge in [0.2, 0.25) is 5.91 Å². The number of hydrogen-bond acceptors (Lipinski definition) is 6. The Morgan fingerprint density at radius 2 is 1.94 bits per heavy atom. The lowest BCUT2D eigenvalue weighted by Gasteiger charge is -2.33. The van der Waals surface area contributed by atoms with Gasteiger partial charge in [0.15, 0.2) is 0 Å². The minimum absolute atomic E-state index is 0.204. The van der Waals surface area contributed by atoms with E-state index in [2.05, 4.69) is 5.32 Å². The van der Waals surface area contributed by atoms with Crippen LogP contribution in [0.15, 0.2) is 30.3 Å². The van der Waals surface area contributed by atoms with E-state index in [1.807, 2.05) is 30.3 Å². The van der Waals surface area contributed by atoms with Crippen LogP contribution in [0.3, 0.4) is 0 Å². The van der Waals surface area contributed by atoms with Crippen LogP contribution in [0.25, 0.3) is 0 Å². The first-order valence-electron chi connectivity index (χ1n) is 11.4. The van der Waals surface area contributed by atoms with E-state index in [1.165, 1.54) is 4.90 Å². The largest absolute Gasteiger partial charge is 0.480 e. The van der Waals surface area contributed by atoms with Crippen LogP contribution in [-0.4, -0.2) is 72.3 Å². The van der Waals surface area contributed by atoms with Crippen molar-refractivity contribution in [3.63, 3.8) is 0 Å². The molecule has 2 aliphatic rings. The van der Waals surface area contributed by atoms with Gasteiger partial charge < -0.3 is 19.5 Å². The summed E-state index contributed by atoms with van der Waals surface area (Å²) < 4.78 is 10.7. The summed E-state index contributed by atoms with van der Waals surface area (Å²) in [5.74, 6) is -1.69. The van der Waals surface area contributed by atoms with Gasteiger partial charge in [0, 0.05) is 19.8 Å². The zero-order valence-corrected chi connectivity index (χ0v) is 18.9. The number of ether oxygens (including phenoxy) is 2. The molecule has 2 unspecified atom stereocenters. The number of benzene rings is 1. The molecular weight excluding hydrogens is 412 g/mol. The van der Waals surface area contributed by atoms with Crippen molar-refractivity contribution < 1.29 is 29.0 Å². The molecule has 8 nitrogen and oxygen atoms in total. The van der Waals surface area contributed by atoms with Gasteiger partial charge in [0.05, 0.1) is 12.6 Å². The Hall–Kier alpha value is -2.45. The molecule has 2 aliphatic heterocycles. The standard InChI is InChI=1S/C24H34N2O6/c1-3-32-23(30)19(10-9-18-7-5-4-6-8-18)25-17(2)21(27)26-16-24(11-13-31-14-12-24)15-20(26)22(28)29/h4-8,17,19-20,25H,3,9-16H2,1-2H3,(H,28,29)/t17-,19?,20?/m0/s1. The second kappa shape index (κ2) is 10.9. The molecule has 1 aromatic rings. The molecule has 176 valence electrons. The maximum Gasteiger partial charge on any atom is 0.326 e. The second-order valence-corrected chi connectivity index (χ2v) is 8.85. The number of rotatable bonds is 9. The number of nitrogens with one attached hydrogen (secondary N) is 1. The fourth-order valence-corrected chi connectivity index (χ4v) is 4.76. The Labute approximate surface area is 189 Å². The fourth-order valence-electron chi connectivity index (χ4n) is 4.76. The molecule has 2 N–H and O–H groups in total. The van der Waals surface area contributed by atoms with Gasteiger partial charge in [0.25, 0.3) is 0 Å². The Morgan fingerprint density at radius 1 is 1.25 bits per heavy atom. The molecule has 0 radical (unpaired) electrons. The van der Waals surface area contributed by atoms with E-state index in [0.717, 1.165) is 18.4 Å². The molecule has 1 spiro atoms.